The molecule has 0 aromatic carbocycles. The molecular weight excluding hydrogens is 164 g/mol. The molecule has 0 aromatic rings. The Hall–Kier alpha value is -1.02. The van der Waals surface area contributed by atoms with E-state index in [1.165, 1.54) is 0 Å². The zero-order valence-electron chi connectivity index (χ0n) is 5.75. The molecule has 0 saturated carbocycles. The van der Waals surface area contributed by atoms with Crippen LogP contribution in [0.1, 0.15) is 6.42 Å². The van der Waals surface area contributed by atoms with E-state index in [2.05, 4.69) is 0 Å². The van der Waals surface area contributed by atoms with Gasteiger partial charge >= 0.3 is 0 Å². The second-order valence-corrected chi connectivity index (χ2v) is 2.53. The predicted octanol–water partition coefficient (Wildman–Crippen LogP) is 2.08. The highest BCUT2D eigenvalue weighted by molar-refractivity contribution is 6.34. The molecule has 1 aliphatic rings. The molecule has 0 radical (unpaired) electrons. The lowest BCUT2D eigenvalue weighted by molar-refractivity contribution is -0.105. The first kappa shape index (κ1) is 8.08. The van der Waals surface area contributed by atoms with Gasteiger partial charge in [-0.2, -0.15) is 0 Å². The van der Waals surface area contributed by atoms with Gasteiger partial charge in [-0.3, -0.25) is 4.79 Å². The highest BCUT2D eigenvalue weighted by Gasteiger charge is 2.09. The molecular formula is C8H7ClO2. The number of hydrogen-bond donors (Lipinski definition) is 1. The van der Waals surface area contributed by atoms with Crippen LogP contribution in [0.3, 0.4) is 0 Å². The fourth-order valence-electron chi connectivity index (χ4n) is 0.861. The Bertz CT molecular complexity index is 261. The predicted molar refractivity (Wildman–Crippen MR) is 43.4 cm³/mol. The van der Waals surface area contributed by atoms with Crippen molar-refractivity contribution in [1.82, 2.24) is 0 Å². The molecule has 1 rings (SSSR count). The van der Waals surface area contributed by atoms with Crippen LogP contribution in [0.2, 0.25) is 0 Å². The summed E-state index contributed by atoms with van der Waals surface area (Å²) in [5.74, 6) is 0. The third kappa shape index (κ3) is 1.52. The Kier molecular flexibility index (Phi) is 2.49. The van der Waals surface area contributed by atoms with E-state index in [0.717, 1.165) is 6.26 Å². The number of aliphatic hydroxyl groups is 1. The van der Waals surface area contributed by atoms with Gasteiger partial charge in [0, 0.05) is 11.1 Å². The van der Waals surface area contributed by atoms with Crippen LogP contribution in [0.4, 0.5) is 0 Å². The van der Waals surface area contributed by atoms with Crippen LogP contribution >= 0.6 is 11.6 Å². The minimum atomic E-state index is 0.338. The number of aliphatic hydroxyl groups excluding tert-OH is 1. The third-order valence-corrected chi connectivity index (χ3v) is 1.91. The second-order valence-electron chi connectivity index (χ2n) is 2.15. The molecule has 2 nitrogen and oxygen atoms in total. The molecule has 58 valence electrons. The van der Waals surface area contributed by atoms with Crippen molar-refractivity contribution >= 4 is 17.9 Å². The summed E-state index contributed by atoms with van der Waals surface area (Å²) >= 11 is 5.72. The van der Waals surface area contributed by atoms with Gasteiger partial charge in [0.25, 0.3) is 0 Å². The molecule has 0 atom stereocenters. The first-order valence-electron chi connectivity index (χ1n) is 3.14. The van der Waals surface area contributed by atoms with Crippen LogP contribution in [0, 0.1) is 0 Å². The number of halogens is 1. The summed E-state index contributed by atoms with van der Waals surface area (Å²) in [7, 11) is 0. The van der Waals surface area contributed by atoms with Crippen molar-refractivity contribution in [3.63, 3.8) is 0 Å². The van der Waals surface area contributed by atoms with Crippen molar-refractivity contribution < 1.29 is 9.90 Å². The summed E-state index contributed by atoms with van der Waals surface area (Å²) in [6, 6.07) is 0. The van der Waals surface area contributed by atoms with Crippen molar-refractivity contribution in [2.75, 3.05) is 0 Å². The molecule has 0 amide bonds. The van der Waals surface area contributed by atoms with E-state index in [1.807, 2.05) is 0 Å². The normalized spacial score (nSPS) is 21.0. The molecule has 0 bridgehead atoms. The van der Waals surface area contributed by atoms with Gasteiger partial charge in [0.05, 0.1) is 11.3 Å². The van der Waals surface area contributed by atoms with Crippen LogP contribution in [-0.4, -0.2) is 11.4 Å². The van der Waals surface area contributed by atoms with Crippen molar-refractivity contribution in [1.29, 1.82) is 0 Å². The van der Waals surface area contributed by atoms with E-state index in [0.29, 0.717) is 28.9 Å². The molecule has 0 heterocycles. The van der Waals surface area contributed by atoms with E-state index in [4.69, 9.17) is 16.7 Å². The molecule has 1 aliphatic carbocycles. The minimum Gasteiger partial charge on any atom is -0.515 e. The molecule has 0 fully saturated rings. The lowest BCUT2D eigenvalue weighted by Crippen LogP contribution is -1.94. The average molecular weight is 171 g/mol. The van der Waals surface area contributed by atoms with E-state index < -0.39 is 0 Å². The highest BCUT2D eigenvalue weighted by atomic mass is 35.5. The number of aldehydes is 1. The summed E-state index contributed by atoms with van der Waals surface area (Å²) in [6.07, 6.45) is 5.59. The second kappa shape index (κ2) is 3.39. The molecule has 0 saturated heterocycles. The van der Waals surface area contributed by atoms with E-state index in [-0.39, 0.29) is 0 Å². The quantitative estimate of drug-likeness (QED) is 0.483. The van der Waals surface area contributed by atoms with Gasteiger partial charge in [-0.15, -0.1) is 0 Å². The molecule has 11 heavy (non-hydrogen) atoms. The van der Waals surface area contributed by atoms with Gasteiger partial charge in [-0.25, -0.2) is 0 Å². The van der Waals surface area contributed by atoms with Crippen molar-refractivity contribution in [3.05, 3.63) is 34.6 Å². The van der Waals surface area contributed by atoms with Gasteiger partial charge in [-0.1, -0.05) is 23.8 Å². The Balaban J connectivity index is 3.03. The van der Waals surface area contributed by atoms with E-state index in [9.17, 15) is 4.79 Å². The van der Waals surface area contributed by atoms with E-state index in [1.54, 1.807) is 12.2 Å². The van der Waals surface area contributed by atoms with E-state index >= 15 is 0 Å². The van der Waals surface area contributed by atoms with Crippen LogP contribution in [0.25, 0.3) is 0 Å². The summed E-state index contributed by atoms with van der Waals surface area (Å²) < 4.78 is 0. The van der Waals surface area contributed by atoms with Gasteiger partial charge in [0.15, 0.2) is 0 Å². The summed E-state index contributed by atoms with van der Waals surface area (Å²) in [6.45, 7) is 0. The lowest BCUT2D eigenvalue weighted by atomic mass is 10.0. The molecule has 0 unspecified atom stereocenters. The standard InChI is InChI=1S/C8H7ClO2/c9-8-6(4-10)2-1-3-7(8)5-11/h1-2,4-5,10H,3H2. The SMILES string of the molecule is O=CC1=C(Cl)C(=CO)C=CC1. The zero-order valence-corrected chi connectivity index (χ0v) is 6.51. The monoisotopic (exact) mass is 170 g/mol. The Morgan fingerprint density at radius 3 is 2.91 bits per heavy atom. The number of carbonyl (C=O) groups is 1. The first-order valence-corrected chi connectivity index (χ1v) is 3.52. The maximum Gasteiger partial charge on any atom is 0.147 e. The Morgan fingerprint density at radius 1 is 1.64 bits per heavy atom. The third-order valence-electron chi connectivity index (χ3n) is 1.45. The number of carbonyl (C=O) groups excluding carboxylic acids is 1. The minimum absolute atomic E-state index is 0.338. The zero-order chi connectivity index (χ0) is 8.27. The largest absolute Gasteiger partial charge is 0.515 e. The van der Waals surface area contributed by atoms with Crippen molar-refractivity contribution in [2.45, 2.75) is 6.42 Å². The number of rotatable bonds is 1. The summed E-state index contributed by atoms with van der Waals surface area (Å²) in [5.41, 5.74) is 0.995. The van der Waals surface area contributed by atoms with Crippen LogP contribution in [0.5, 0.6) is 0 Å². The Labute approximate surface area is 69.5 Å². The lowest BCUT2D eigenvalue weighted by Gasteiger charge is -2.07. The smallest absolute Gasteiger partial charge is 0.147 e. The fourth-order valence-corrected chi connectivity index (χ4v) is 1.09. The number of allylic oxidation sites excluding steroid dienone is 5. The number of hydrogen-bond acceptors (Lipinski definition) is 2. The van der Waals surface area contributed by atoms with Crippen LogP contribution in [0.15, 0.2) is 34.6 Å². The fraction of sp³-hybridized carbons (Fsp3) is 0.125. The molecule has 0 spiro atoms. The van der Waals surface area contributed by atoms with Gasteiger partial charge in [0.1, 0.15) is 6.29 Å². The van der Waals surface area contributed by atoms with Gasteiger partial charge in [-0.05, 0) is 6.42 Å². The first-order chi connectivity index (χ1) is 5.29. The molecule has 0 aromatic heterocycles. The van der Waals surface area contributed by atoms with Crippen LogP contribution < -0.4 is 0 Å². The molecule has 1 N–H and O–H groups in total. The van der Waals surface area contributed by atoms with Crippen molar-refractivity contribution in [3.8, 4) is 0 Å². The Morgan fingerprint density at radius 2 is 2.36 bits per heavy atom. The van der Waals surface area contributed by atoms with Crippen LogP contribution in [-0.2, 0) is 4.79 Å². The van der Waals surface area contributed by atoms with Crippen molar-refractivity contribution in [2.24, 2.45) is 0 Å². The maximum atomic E-state index is 10.3. The van der Waals surface area contributed by atoms with Gasteiger partial charge in [0.2, 0.25) is 0 Å². The molecule has 3 heteroatoms. The molecule has 0 aliphatic heterocycles. The maximum absolute atomic E-state index is 10.3. The van der Waals surface area contributed by atoms with Gasteiger partial charge < -0.3 is 5.11 Å². The highest BCUT2D eigenvalue weighted by Crippen LogP contribution is 2.25. The topological polar surface area (TPSA) is 37.3 Å². The summed E-state index contributed by atoms with van der Waals surface area (Å²) in [4.78, 5) is 10.3. The average Bonchev–Trinajstić information content (AvgIpc) is 2.05. The summed E-state index contributed by atoms with van der Waals surface area (Å²) in [5, 5.41) is 8.96.